The van der Waals surface area contributed by atoms with Crippen molar-refractivity contribution < 1.29 is 9.59 Å². The molecule has 0 spiro atoms. The summed E-state index contributed by atoms with van der Waals surface area (Å²) in [4.78, 5) is 27.2. The predicted molar refractivity (Wildman–Crippen MR) is 94.4 cm³/mol. The fraction of sp³-hybridized carbons (Fsp3) is 0.600. The van der Waals surface area contributed by atoms with E-state index in [0.29, 0.717) is 24.7 Å². The van der Waals surface area contributed by atoms with Gasteiger partial charge < -0.3 is 10.2 Å². The predicted octanol–water partition coefficient (Wildman–Crippen LogP) is 2.77. The molecule has 0 unspecified atom stereocenters. The van der Waals surface area contributed by atoms with Crippen LogP contribution in [0.25, 0.3) is 0 Å². The lowest BCUT2D eigenvalue weighted by atomic mass is 10.0. The summed E-state index contributed by atoms with van der Waals surface area (Å²) in [5.41, 5.74) is 1.09. The highest BCUT2D eigenvalue weighted by Crippen LogP contribution is 2.38. The average molecular weight is 328 g/mol. The van der Waals surface area contributed by atoms with Crippen LogP contribution in [0, 0.1) is 11.8 Å². The van der Waals surface area contributed by atoms with E-state index in [0.717, 1.165) is 31.5 Å². The number of likely N-dealkylation sites (tertiary alicyclic amines) is 1. The Morgan fingerprint density at radius 3 is 2.46 bits per heavy atom. The fourth-order valence-electron chi connectivity index (χ4n) is 3.59. The number of hydrogen-bond donors (Lipinski definition) is 1. The van der Waals surface area contributed by atoms with Crippen molar-refractivity contribution in [2.45, 2.75) is 51.5 Å². The molecule has 2 amide bonds. The highest BCUT2D eigenvalue weighted by Gasteiger charge is 2.31. The van der Waals surface area contributed by atoms with Gasteiger partial charge in [-0.1, -0.05) is 37.3 Å². The Morgan fingerprint density at radius 1 is 1.17 bits per heavy atom. The molecule has 1 aliphatic carbocycles. The molecule has 4 nitrogen and oxygen atoms in total. The van der Waals surface area contributed by atoms with E-state index >= 15 is 0 Å². The maximum atomic E-state index is 12.8. The number of rotatable bonds is 7. The van der Waals surface area contributed by atoms with Crippen molar-refractivity contribution in [3.05, 3.63) is 35.9 Å². The molecule has 0 radical (unpaired) electrons. The molecule has 1 saturated carbocycles. The first-order valence-electron chi connectivity index (χ1n) is 9.25. The first kappa shape index (κ1) is 17.0. The van der Waals surface area contributed by atoms with Gasteiger partial charge >= 0.3 is 0 Å². The second-order valence-electron chi connectivity index (χ2n) is 7.36. The summed E-state index contributed by atoms with van der Waals surface area (Å²) < 4.78 is 0. The maximum absolute atomic E-state index is 12.8. The highest BCUT2D eigenvalue weighted by molar-refractivity contribution is 5.88. The van der Waals surface area contributed by atoms with Crippen LogP contribution in [0.5, 0.6) is 0 Å². The number of nitrogens with zero attached hydrogens (tertiary/aromatic N) is 1. The number of hydrogen-bond acceptors (Lipinski definition) is 2. The van der Waals surface area contributed by atoms with Crippen LogP contribution in [-0.4, -0.2) is 35.8 Å². The molecule has 2 atom stereocenters. The first-order valence-corrected chi connectivity index (χ1v) is 9.25. The van der Waals surface area contributed by atoms with Crippen LogP contribution in [0.1, 0.15) is 44.6 Å². The Bertz CT molecular complexity index is 562. The van der Waals surface area contributed by atoms with Crippen LogP contribution in [0.3, 0.4) is 0 Å². The molecule has 0 bridgehead atoms. The van der Waals surface area contributed by atoms with Gasteiger partial charge in [0, 0.05) is 25.9 Å². The van der Waals surface area contributed by atoms with Crippen LogP contribution in [-0.2, 0) is 16.0 Å². The molecule has 3 rings (SSSR count). The molecule has 1 heterocycles. The number of amides is 2. The van der Waals surface area contributed by atoms with Gasteiger partial charge in [0.25, 0.3) is 0 Å². The van der Waals surface area contributed by atoms with Gasteiger partial charge in [0.05, 0.1) is 0 Å². The third-order valence-corrected chi connectivity index (χ3v) is 5.27. The van der Waals surface area contributed by atoms with Gasteiger partial charge in [-0.15, -0.1) is 0 Å². The zero-order chi connectivity index (χ0) is 16.9. The van der Waals surface area contributed by atoms with Crippen LogP contribution in [0.15, 0.2) is 30.3 Å². The Morgan fingerprint density at radius 2 is 1.83 bits per heavy atom. The van der Waals surface area contributed by atoms with E-state index in [9.17, 15) is 9.59 Å². The summed E-state index contributed by atoms with van der Waals surface area (Å²) in [6.07, 6.45) is 5.72. The minimum absolute atomic E-state index is 0.0166. The molecule has 24 heavy (non-hydrogen) atoms. The zero-order valence-corrected chi connectivity index (χ0v) is 14.5. The SMILES string of the molecule is C[C@H](CC(=O)N[C@H](Cc1ccccc1)C(=O)N1CCCC1)C1CC1. The molecule has 4 heteroatoms. The van der Waals surface area contributed by atoms with Crippen molar-refractivity contribution in [1.29, 1.82) is 0 Å². The lowest BCUT2D eigenvalue weighted by molar-refractivity contribution is -0.135. The van der Waals surface area contributed by atoms with Gasteiger partial charge in [-0.2, -0.15) is 0 Å². The second-order valence-corrected chi connectivity index (χ2v) is 7.36. The van der Waals surface area contributed by atoms with Crippen molar-refractivity contribution in [2.75, 3.05) is 13.1 Å². The largest absolute Gasteiger partial charge is 0.344 e. The van der Waals surface area contributed by atoms with Crippen molar-refractivity contribution in [1.82, 2.24) is 10.2 Å². The van der Waals surface area contributed by atoms with E-state index in [1.165, 1.54) is 12.8 Å². The van der Waals surface area contributed by atoms with Crippen LogP contribution < -0.4 is 5.32 Å². The standard InChI is InChI=1S/C20H28N2O2/c1-15(17-9-10-17)13-19(23)21-18(14-16-7-3-2-4-8-16)20(24)22-11-5-6-12-22/h2-4,7-8,15,17-18H,5-6,9-14H2,1H3,(H,21,23)/t15-,18-/m1/s1. The van der Waals surface area contributed by atoms with Crippen LogP contribution in [0.4, 0.5) is 0 Å². The first-order chi connectivity index (χ1) is 11.6. The highest BCUT2D eigenvalue weighted by atomic mass is 16.2. The molecule has 1 aliphatic heterocycles. The van der Waals surface area contributed by atoms with Gasteiger partial charge in [0.2, 0.25) is 11.8 Å². The smallest absolute Gasteiger partial charge is 0.245 e. The van der Waals surface area contributed by atoms with E-state index in [1.54, 1.807) is 0 Å². The molecular formula is C20H28N2O2. The number of carbonyl (C=O) groups is 2. The van der Waals surface area contributed by atoms with Crippen LogP contribution >= 0.6 is 0 Å². The third-order valence-electron chi connectivity index (χ3n) is 5.27. The number of benzene rings is 1. The van der Waals surface area contributed by atoms with E-state index in [2.05, 4.69) is 12.2 Å². The number of nitrogens with one attached hydrogen (secondary N) is 1. The third kappa shape index (κ3) is 4.59. The fourth-order valence-corrected chi connectivity index (χ4v) is 3.59. The summed E-state index contributed by atoms with van der Waals surface area (Å²) in [6.45, 7) is 3.78. The zero-order valence-electron chi connectivity index (χ0n) is 14.5. The summed E-state index contributed by atoms with van der Waals surface area (Å²) in [7, 11) is 0. The van der Waals surface area contributed by atoms with Crippen molar-refractivity contribution in [2.24, 2.45) is 11.8 Å². The molecule has 2 aliphatic rings. The Labute approximate surface area is 144 Å². The minimum Gasteiger partial charge on any atom is -0.344 e. The maximum Gasteiger partial charge on any atom is 0.245 e. The minimum atomic E-state index is -0.440. The Kier molecular flexibility index (Phi) is 5.54. The van der Waals surface area contributed by atoms with Crippen molar-refractivity contribution in [3.8, 4) is 0 Å². The quantitative estimate of drug-likeness (QED) is 0.837. The van der Waals surface area contributed by atoms with E-state index < -0.39 is 6.04 Å². The van der Waals surface area contributed by atoms with Crippen molar-refractivity contribution in [3.63, 3.8) is 0 Å². The van der Waals surface area contributed by atoms with Crippen LogP contribution in [0.2, 0.25) is 0 Å². The van der Waals surface area contributed by atoms with E-state index in [-0.39, 0.29) is 11.8 Å². The van der Waals surface area contributed by atoms with Gasteiger partial charge in [-0.25, -0.2) is 0 Å². The normalized spacial score (nSPS) is 19.8. The topological polar surface area (TPSA) is 49.4 Å². The second kappa shape index (κ2) is 7.82. The summed E-state index contributed by atoms with van der Waals surface area (Å²) in [6, 6.07) is 9.51. The van der Waals surface area contributed by atoms with Gasteiger partial charge in [-0.05, 0) is 43.1 Å². The molecule has 1 N–H and O–H groups in total. The molecule has 0 aromatic heterocycles. The summed E-state index contributed by atoms with van der Waals surface area (Å²) in [5, 5.41) is 3.03. The van der Waals surface area contributed by atoms with Gasteiger partial charge in [0.1, 0.15) is 6.04 Å². The lowest BCUT2D eigenvalue weighted by Crippen LogP contribution is -2.49. The Balaban J connectivity index is 1.63. The summed E-state index contributed by atoms with van der Waals surface area (Å²) >= 11 is 0. The van der Waals surface area contributed by atoms with E-state index in [1.807, 2.05) is 35.2 Å². The molecule has 1 aromatic rings. The van der Waals surface area contributed by atoms with Crippen molar-refractivity contribution >= 4 is 11.8 Å². The molecule has 130 valence electrons. The Hall–Kier alpha value is -1.84. The average Bonchev–Trinajstić information content (AvgIpc) is 3.29. The van der Waals surface area contributed by atoms with Gasteiger partial charge in [0.15, 0.2) is 0 Å². The monoisotopic (exact) mass is 328 g/mol. The van der Waals surface area contributed by atoms with E-state index in [4.69, 9.17) is 0 Å². The molecule has 1 saturated heterocycles. The molecule has 1 aromatic carbocycles. The lowest BCUT2D eigenvalue weighted by Gasteiger charge is -2.25. The number of carbonyl (C=O) groups excluding carboxylic acids is 2. The van der Waals surface area contributed by atoms with Gasteiger partial charge in [-0.3, -0.25) is 9.59 Å². The summed E-state index contributed by atoms with van der Waals surface area (Å²) in [5.74, 6) is 1.22. The molecule has 2 fully saturated rings. The molecular weight excluding hydrogens is 300 g/mol.